The van der Waals surface area contributed by atoms with Crippen LogP contribution >= 0.6 is 11.6 Å². The highest BCUT2D eigenvalue weighted by atomic mass is 35.5. The van der Waals surface area contributed by atoms with Gasteiger partial charge in [-0.05, 0) is 12.8 Å². The maximum atomic E-state index is 12.3. The average Bonchev–Trinajstić information content (AvgIpc) is 2.18. The summed E-state index contributed by atoms with van der Waals surface area (Å²) < 4.78 is 12.3. The van der Waals surface area contributed by atoms with E-state index in [1.807, 2.05) is 0 Å². The summed E-state index contributed by atoms with van der Waals surface area (Å²) in [5.74, 6) is 0.469. The van der Waals surface area contributed by atoms with Crippen molar-refractivity contribution < 1.29 is 9.18 Å². The molecule has 1 aliphatic rings. The molecule has 1 aliphatic heterocycles. The lowest BCUT2D eigenvalue weighted by Gasteiger charge is -2.31. The van der Waals surface area contributed by atoms with E-state index in [1.54, 1.807) is 4.90 Å². The second-order valence-electron chi connectivity index (χ2n) is 3.44. The van der Waals surface area contributed by atoms with Crippen molar-refractivity contribution in [1.29, 1.82) is 0 Å². The van der Waals surface area contributed by atoms with Gasteiger partial charge in [-0.15, -0.1) is 11.6 Å². The van der Waals surface area contributed by atoms with Crippen molar-refractivity contribution >= 4 is 17.5 Å². The van der Waals surface area contributed by atoms with Gasteiger partial charge in [0.1, 0.15) is 0 Å². The normalized spacial score (nSPS) is 23.2. The first kappa shape index (κ1) is 10.8. The first-order valence-corrected chi connectivity index (χ1v) is 5.21. The van der Waals surface area contributed by atoms with Gasteiger partial charge in [-0.25, -0.2) is 0 Å². The Morgan fingerprint density at radius 3 is 3.00 bits per heavy atom. The minimum Gasteiger partial charge on any atom is -0.342 e. The van der Waals surface area contributed by atoms with E-state index >= 15 is 0 Å². The predicted molar refractivity (Wildman–Crippen MR) is 50.6 cm³/mol. The van der Waals surface area contributed by atoms with Gasteiger partial charge in [0, 0.05) is 31.3 Å². The van der Waals surface area contributed by atoms with E-state index in [4.69, 9.17) is 11.6 Å². The van der Waals surface area contributed by atoms with Crippen LogP contribution in [0.15, 0.2) is 0 Å². The Bertz CT molecular complexity index is 177. The molecule has 13 heavy (non-hydrogen) atoms. The van der Waals surface area contributed by atoms with Crippen LogP contribution in [0.2, 0.25) is 0 Å². The predicted octanol–water partition coefficient (Wildman–Crippen LogP) is 1.82. The van der Waals surface area contributed by atoms with Crippen molar-refractivity contribution in [3.05, 3.63) is 0 Å². The summed E-state index contributed by atoms with van der Waals surface area (Å²) in [7, 11) is 0. The molecule has 0 aromatic carbocycles. The van der Waals surface area contributed by atoms with Crippen molar-refractivity contribution in [3.8, 4) is 0 Å². The first-order valence-electron chi connectivity index (χ1n) is 4.67. The summed E-state index contributed by atoms with van der Waals surface area (Å²) >= 11 is 5.46. The fourth-order valence-corrected chi connectivity index (χ4v) is 1.82. The van der Waals surface area contributed by atoms with Crippen LogP contribution in [0.5, 0.6) is 0 Å². The number of carbonyl (C=O) groups excluding carboxylic acids is 1. The van der Waals surface area contributed by atoms with Crippen molar-refractivity contribution in [3.63, 3.8) is 0 Å². The fourth-order valence-electron chi connectivity index (χ4n) is 1.66. The van der Waals surface area contributed by atoms with Crippen LogP contribution in [0.1, 0.15) is 19.3 Å². The summed E-state index contributed by atoms with van der Waals surface area (Å²) in [6.45, 7) is 1.03. The molecule has 0 radical (unpaired) electrons. The summed E-state index contributed by atoms with van der Waals surface area (Å²) in [5, 5.41) is 0. The third kappa shape index (κ3) is 3.14. The van der Waals surface area contributed by atoms with Gasteiger partial charge in [0.2, 0.25) is 5.91 Å². The zero-order valence-corrected chi connectivity index (χ0v) is 8.39. The molecular formula is C9H15ClFNO. The molecule has 76 valence electrons. The summed E-state index contributed by atoms with van der Waals surface area (Å²) in [4.78, 5) is 13.1. The maximum absolute atomic E-state index is 12.3. The van der Waals surface area contributed by atoms with Crippen LogP contribution in [0.4, 0.5) is 4.39 Å². The first-order chi connectivity index (χ1) is 6.27. The fraction of sp³-hybridized carbons (Fsp3) is 0.889. The highest BCUT2D eigenvalue weighted by Crippen LogP contribution is 2.17. The monoisotopic (exact) mass is 207 g/mol. The van der Waals surface area contributed by atoms with Crippen LogP contribution in [-0.4, -0.2) is 36.5 Å². The lowest BCUT2D eigenvalue weighted by Crippen LogP contribution is -2.40. The van der Waals surface area contributed by atoms with E-state index in [2.05, 4.69) is 0 Å². The van der Waals surface area contributed by atoms with Crippen LogP contribution in [0, 0.1) is 5.92 Å². The molecule has 0 saturated carbocycles. The molecule has 0 aliphatic carbocycles. The van der Waals surface area contributed by atoms with Gasteiger partial charge in [-0.3, -0.25) is 9.18 Å². The van der Waals surface area contributed by atoms with Gasteiger partial charge in [-0.2, -0.15) is 0 Å². The molecule has 0 aromatic rings. The number of carbonyl (C=O) groups is 1. The lowest BCUT2D eigenvalue weighted by molar-refractivity contribution is -0.132. The van der Waals surface area contributed by atoms with E-state index in [0.717, 1.165) is 19.4 Å². The number of halogens is 2. The van der Waals surface area contributed by atoms with Crippen LogP contribution in [0.25, 0.3) is 0 Å². The van der Waals surface area contributed by atoms with E-state index in [1.165, 1.54) is 0 Å². The number of alkyl halides is 2. The molecule has 1 amide bonds. The quantitative estimate of drug-likeness (QED) is 0.647. The van der Waals surface area contributed by atoms with E-state index < -0.39 is 0 Å². The highest BCUT2D eigenvalue weighted by molar-refractivity contribution is 6.18. The largest absolute Gasteiger partial charge is 0.342 e. The lowest BCUT2D eigenvalue weighted by atomic mass is 9.99. The van der Waals surface area contributed by atoms with Gasteiger partial charge in [0.25, 0.3) is 0 Å². The molecule has 1 heterocycles. The van der Waals surface area contributed by atoms with E-state index in [-0.39, 0.29) is 18.5 Å². The Hall–Kier alpha value is -0.310. The van der Waals surface area contributed by atoms with Gasteiger partial charge >= 0.3 is 0 Å². The standard InChI is InChI=1S/C9H15ClFNO/c10-4-3-9(13)12-5-1-2-8(6-11)7-12/h8H,1-7H2. The van der Waals surface area contributed by atoms with Crippen molar-refractivity contribution in [2.45, 2.75) is 19.3 Å². The second kappa shape index (κ2) is 5.43. The van der Waals surface area contributed by atoms with Crippen molar-refractivity contribution in [2.75, 3.05) is 25.6 Å². The molecule has 1 fully saturated rings. The molecule has 1 unspecified atom stereocenters. The Labute approximate surface area is 83.0 Å². The van der Waals surface area contributed by atoms with Crippen molar-refractivity contribution in [1.82, 2.24) is 4.90 Å². The van der Waals surface area contributed by atoms with Gasteiger partial charge in [-0.1, -0.05) is 0 Å². The smallest absolute Gasteiger partial charge is 0.223 e. The maximum Gasteiger partial charge on any atom is 0.223 e. The third-order valence-corrected chi connectivity index (χ3v) is 2.59. The third-order valence-electron chi connectivity index (χ3n) is 2.40. The van der Waals surface area contributed by atoms with Crippen LogP contribution in [-0.2, 0) is 4.79 Å². The summed E-state index contributed by atoms with van der Waals surface area (Å²) in [6, 6.07) is 0. The van der Waals surface area contributed by atoms with Crippen LogP contribution < -0.4 is 0 Å². The number of hydrogen-bond acceptors (Lipinski definition) is 1. The molecule has 0 spiro atoms. The molecule has 4 heteroatoms. The molecule has 0 aromatic heterocycles. The number of amides is 1. The molecule has 1 rings (SSSR count). The number of hydrogen-bond donors (Lipinski definition) is 0. The van der Waals surface area contributed by atoms with Crippen molar-refractivity contribution in [2.24, 2.45) is 5.92 Å². The number of piperidine rings is 1. The summed E-state index contributed by atoms with van der Waals surface area (Å²) in [5.41, 5.74) is 0. The zero-order chi connectivity index (χ0) is 9.68. The second-order valence-corrected chi connectivity index (χ2v) is 3.82. The van der Waals surface area contributed by atoms with Gasteiger partial charge in [0.15, 0.2) is 0 Å². The zero-order valence-electron chi connectivity index (χ0n) is 7.64. The van der Waals surface area contributed by atoms with Gasteiger partial charge in [0.05, 0.1) is 6.67 Å². The highest BCUT2D eigenvalue weighted by Gasteiger charge is 2.22. The molecule has 1 atom stereocenters. The molecular weight excluding hydrogens is 193 g/mol. The number of likely N-dealkylation sites (tertiary alicyclic amines) is 1. The summed E-state index contributed by atoms with van der Waals surface area (Å²) in [6.07, 6.45) is 2.20. The molecule has 0 N–H and O–H groups in total. The van der Waals surface area contributed by atoms with Crippen LogP contribution in [0.3, 0.4) is 0 Å². The average molecular weight is 208 g/mol. The number of nitrogens with zero attached hydrogens (tertiary/aromatic N) is 1. The number of rotatable bonds is 3. The van der Waals surface area contributed by atoms with E-state index in [9.17, 15) is 9.18 Å². The minimum atomic E-state index is -0.315. The Kier molecular flexibility index (Phi) is 4.50. The Balaban J connectivity index is 2.37. The Morgan fingerprint density at radius 1 is 1.62 bits per heavy atom. The molecule has 1 saturated heterocycles. The molecule has 2 nitrogen and oxygen atoms in total. The topological polar surface area (TPSA) is 20.3 Å². The van der Waals surface area contributed by atoms with E-state index in [0.29, 0.717) is 18.8 Å². The molecule has 0 bridgehead atoms. The SMILES string of the molecule is O=C(CCCl)N1CCCC(CF)C1. The minimum absolute atomic E-state index is 0.0491. The Morgan fingerprint density at radius 2 is 2.38 bits per heavy atom. The van der Waals surface area contributed by atoms with Gasteiger partial charge < -0.3 is 4.90 Å².